The molecule has 0 amide bonds. The first kappa shape index (κ1) is 60.5. The molecule has 0 saturated heterocycles. The van der Waals surface area contributed by atoms with E-state index >= 15 is 0 Å². The smallest absolute Gasteiger partial charge is 0.469 e. The van der Waals surface area contributed by atoms with Crippen LogP contribution < -0.4 is 14.2 Å². The lowest BCUT2D eigenvalue weighted by molar-refractivity contribution is 0.240. The Hall–Kier alpha value is -2.83. The summed E-state index contributed by atoms with van der Waals surface area (Å²) in [7, 11) is -15.5. The number of phenolic OH excluding ortho intramolecular Hbond substituents is 2. The zero-order valence-electron chi connectivity index (χ0n) is 45.4. The minimum atomic E-state index is -3.02. The molecule has 0 aliphatic rings. The van der Waals surface area contributed by atoms with Gasteiger partial charge in [-0.15, -0.1) is 0 Å². The van der Waals surface area contributed by atoms with Gasteiger partial charge in [0.25, 0.3) is 0 Å². The van der Waals surface area contributed by atoms with Gasteiger partial charge in [-0.05, 0) is 173 Å². The fraction of sp³-hybridized carbons (Fsp3) is 0.553. The molecule has 1 heterocycles. The fourth-order valence-electron chi connectivity index (χ4n) is 7.10. The van der Waals surface area contributed by atoms with Gasteiger partial charge in [0.2, 0.25) is 0 Å². The highest BCUT2D eigenvalue weighted by Crippen LogP contribution is 2.37. The van der Waals surface area contributed by atoms with Crippen LogP contribution in [0.1, 0.15) is 26.7 Å². The van der Waals surface area contributed by atoms with Crippen molar-refractivity contribution >= 4 is 68.2 Å². The minimum absolute atomic E-state index is 0.0727. The minimum Gasteiger partial charge on any atom is -0.507 e. The first-order chi connectivity index (χ1) is 31.8. The standard InChI is InChI=1S/C45H78N3O11Si8.C2H6/c1-51-36-23-21-35(22-24-36)43-46-44(39-27-25-37(33-41(39)49)52-29-19-31-66(54-60(2)3,55-61(4,5)6)56-62(7,8)9)48-45(47-43)40-28-26-38(34-42(40)50)53-30-20-32-67(57-63(10,11)12,58-64(13,14)15)59-65(16,17)18;1-2/h21-28,33-34,49-50H,19-20,29-32H2,1-18H3;1-2H3. The van der Waals surface area contributed by atoms with E-state index in [1.807, 2.05) is 38.1 Å². The molecule has 2 N–H and O–H groups in total. The highest BCUT2D eigenvalue weighted by Gasteiger charge is 2.50. The van der Waals surface area contributed by atoms with Gasteiger partial charge in [-0.1, -0.05) is 13.8 Å². The van der Waals surface area contributed by atoms with E-state index in [2.05, 4.69) is 111 Å². The molecule has 0 atom stereocenters. The number of aromatic hydroxyl groups is 2. The van der Waals surface area contributed by atoms with Crippen LogP contribution in [-0.2, 0) is 24.7 Å². The van der Waals surface area contributed by atoms with Crippen LogP contribution in [0.4, 0.5) is 0 Å². The van der Waals surface area contributed by atoms with Crippen molar-refractivity contribution in [1.82, 2.24) is 15.0 Å². The van der Waals surface area contributed by atoms with Crippen molar-refractivity contribution in [3.05, 3.63) is 60.7 Å². The lowest BCUT2D eigenvalue weighted by atomic mass is 10.1. The first-order valence-corrected chi connectivity index (χ1v) is 47.4. The van der Waals surface area contributed by atoms with E-state index in [0.29, 0.717) is 77.9 Å². The van der Waals surface area contributed by atoms with Crippen molar-refractivity contribution in [3.8, 4) is 62.9 Å². The fourth-order valence-corrected chi connectivity index (χ4v) is 35.1. The zero-order valence-corrected chi connectivity index (χ0v) is 53.4. The normalized spacial score (nSPS) is 13.0. The molecular formula is C47H84N3O11Si8. The quantitative estimate of drug-likeness (QED) is 0.0451. The third-order valence-corrected chi connectivity index (χ3v) is 32.1. The Labute approximate surface area is 423 Å². The molecule has 0 bridgehead atoms. The molecule has 1 radical (unpaired) electrons. The van der Waals surface area contributed by atoms with Crippen LogP contribution in [0.25, 0.3) is 34.2 Å². The second-order valence-corrected chi connectivity index (χ2v) is 53.3. The molecule has 0 aliphatic carbocycles. The van der Waals surface area contributed by atoms with Gasteiger partial charge in [0, 0.05) is 29.8 Å². The summed E-state index contributed by atoms with van der Waals surface area (Å²) in [6, 6.07) is 18.8. The third-order valence-electron chi connectivity index (χ3n) is 8.86. The number of aromatic nitrogens is 3. The van der Waals surface area contributed by atoms with Crippen molar-refractivity contribution < 1.29 is 49.1 Å². The van der Waals surface area contributed by atoms with Crippen molar-refractivity contribution in [2.75, 3.05) is 20.3 Å². The topological polar surface area (TPSA) is 162 Å². The van der Waals surface area contributed by atoms with Crippen LogP contribution in [0.5, 0.6) is 28.7 Å². The summed E-state index contributed by atoms with van der Waals surface area (Å²) in [6.07, 6.45) is 1.31. The monoisotopic (exact) mass is 1090 g/mol. The Balaban J connectivity index is 0.00000622. The van der Waals surface area contributed by atoms with Crippen molar-refractivity contribution in [1.29, 1.82) is 0 Å². The molecule has 0 unspecified atom stereocenters. The van der Waals surface area contributed by atoms with E-state index in [9.17, 15) is 10.2 Å². The lowest BCUT2D eigenvalue weighted by Gasteiger charge is -2.42. The molecule has 22 heteroatoms. The van der Waals surface area contributed by atoms with Crippen LogP contribution in [0, 0.1) is 0 Å². The number of hydrogen-bond donors (Lipinski definition) is 2. The van der Waals surface area contributed by atoms with Crippen molar-refractivity contribution in [2.24, 2.45) is 0 Å². The summed E-state index contributed by atoms with van der Waals surface area (Å²) in [4.78, 5) is 14.4. The van der Waals surface area contributed by atoms with E-state index in [0.717, 1.165) is 0 Å². The van der Waals surface area contributed by atoms with Gasteiger partial charge in [0.15, 0.2) is 68.1 Å². The lowest BCUT2D eigenvalue weighted by Crippen LogP contribution is -2.60. The highest BCUT2D eigenvalue weighted by atomic mass is 28.5. The molecule has 0 fully saturated rings. The van der Waals surface area contributed by atoms with Crippen molar-refractivity contribution in [2.45, 2.75) is 150 Å². The molecule has 69 heavy (non-hydrogen) atoms. The summed E-state index contributed by atoms with van der Waals surface area (Å²) in [5, 5.41) is 23.0. The van der Waals surface area contributed by atoms with Gasteiger partial charge >= 0.3 is 17.6 Å². The molecule has 0 aliphatic heterocycles. The molecular weight excluding hydrogens is 1010 g/mol. The molecule has 385 valence electrons. The molecule has 14 nitrogen and oxygen atoms in total. The van der Waals surface area contributed by atoms with Gasteiger partial charge in [-0.25, -0.2) is 15.0 Å². The summed E-state index contributed by atoms with van der Waals surface area (Å²) in [5.74, 6) is 2.28. The van der Waals surface area contributed by atoms with E-state index in [1.54, 1.807) is 43.5 Å². The molecule has 4 rings (SSSR count). The first-order valence-electron chi connectivity index (χ1n) is 24.1. The predicted molar refractivity (Wildman–Crippen MR) is 299 cm³/mol. The Morgan fingerprint density at radius 3 is 1.13 bits per heavy atom. The van der Waals surface area contributed by atoms with Gasteiger partial charge in [0.1, 0.15) is 28.7 Å². The summed E-state index contributed by atoms with van der Waals surface area (Å²) in [5.41, 5.74) is 1.43. The second-order valence-electron chi connectivity index (χ2n) is 21.7. The number of phenols is 2. The van der Waals surface area contributed by atoms with Crippen LogP contribution in [0.2, 0.25) is 123 Å². The van der Waals surface area contributed by atoms with E-state index in [-0.39, 0.29) is 23.1 Å². The van der Waals surface area contributed by atoms with Crippen molar-refractivity contribution in [3.63, 3.8) is 0 Å². The number of rotatable bonds is 26. The van der Waals surface area contributed by atoms with Crippen LogP contribution in [0.3, 0.4) is 0 Å². The van der Waals surface area contributed by atoms with Gasteiger partial charge in [-0.2, -0.15) is 0 Å². The van der Waals surface area contributed by atoms with Crippen LogP contribution in [-0.4, -0.2) is 114 Å². The predicted octanol–water partition coefficient (Wildman–Crippen LogP) is 13.3. The molecule has 4 aromatic rings. The number of hydrogen-bond acceptors (Lipinski definition) is 14. The third kappa shape index (κ3) is 21.4. The van der Waals surface area contributed by atoms with Gasteiger partial charge in [0.05, 0.1) is 31.5 Å². The Morgan fingerprint density at radius 2 is 0.797 bits per heavy atom. The summed E-state index contributed by atoms with van der Waals surface area (Å²) < 4.78 is 58.4. The SMILES string of the molecule is CC.COc1ccc(-c2nc(-c3ccc(OCCC[Si](O[Si](C)C)(O[Si](C)(C)C)O[Si](C)(C)C)cc3O)nc(-c3ccc(OCCC[Si](O[Si](C)(C)C)(O[Si](C)(C)C)O[Si](C)(C)C)cc3O)n2)cc1. The Kier molecular flexibility index (Phi) is 22.1. The molecule has 0 spiro atoms. The maximum absolute atomic E-state index is 11.5. The van der Waals surface area contributed by atoms with Gasteiger partial charge in [-0.3, -0.25) is 0 Å². The highest BCUT2D eigenvalue weighted by molar-refractivity contribution is 6.90. The zero-order chi connectivity index (χ0) is 52.2. The van der Waals surface area contributed by atoms with Gasteiger partial charge < -0.3 is 49.1 Å². The molecule has 0 saturated carbocycles. The maximum Gasteiger partial charge on any atom is 0.469 e. The Morgan fingerprint density at radius 1 is 0.464 bits per heavy atom. The van der Waals surface area contributed by atoms with E-state index in [1.165, 1.54) is 0 Å². The Bertz CT molecular complexity index is 2170. The number of benzene rings is 3. The summed E-state index contributed by atoms with van der Waals surface area (Å²) in [6.45, 7) is 41.6. The average molecular weight is 1090 g/mol. The van der Waals surface area contributed by atoms with Crippen LogP contribution >= 0.6 is 0 Å². The van der Waals surface area contributed by atoms with E-state index in [4.69, 9.17) is 53.9 Å². The van der Waals surface area contributed by atoms with E-state index < -0.39 is 68.2 Å². The average Bonchev–Trinajstić information content (AvgIpc) is 3.18. The summed E-state index contributed by atoms with van der Waals surface area (Å²) >= 11 is 0. The van der Waals surface area contributed by atoms with Crippen LogP contribution in [0.15, 0.2) is 60.7 Å². The second kappa shape index (κ2) is 25.2. The molecule has 1 aromatic heterocycles. The number of nitrogens with zero attached hydrogens (tertiary/aromatic N) is 3. The maximum atomic E-state index is 11.5. The largest absolute Gasteiger partial charge is 0.507 e. The molecule has 3 aromatic carbocycles. The number of methoxy groups -OCH3 is 1. The number of ether oxygens (including phenoxy) is 3.